The lowest BCUT2D eigenvalue weighted by atomic mass is 10.1. The Hall–Kier alpha value is -2.38. The average Bonchev–Trinajstić information content (AvgIpc) is 2.58. The molecule has 2 aromatic carbocycles. The van der Waals surface area contributed by atoms with Crippen molar-refractivity contribution in [2.24, 2.45) is 0 Å². The van der Waals surface area contributed by atoms with Gasteiger partial charge in [-0.2, -0.15) is 0 Å². The highest BCUT2D eigenvalue weighted by Crippen LogP contribution is 2.22. The number of hydrogen-bond acceptors (Lipinski definition) is 4. The molecular formula is C19H21ClN2O4S. The predicted octanol–water partition coefficient (Wildman–Crippen LogP) is 3.28. The SMILES string of the molecule is CCCNC(=O)c1ccc(NC(=O)c2cccc(CS(C)(=O)=O)c2)cc1Cl. The predicted molar refractivity (Wildman–Crippen MR) is 107 cm³/mol. The highest BCUT2D eigenvalue weighted by molar-refractivity contribution is 7.89. The average molecular weight is 409 g/mol. The Morgan fingerprint density at radius 3 is 2.44 bits per heavy atom. The van der Waals surface area contributed by atoms with E-state index in [1.165, 1.54) is 12.1 Å². The van der Waals surface area contributed by atoms with E-state index >= 15 is 0 Å². The Labute approximate surface area is 163 Å². The first kappa shape index (κ1) is 20.9. The number of sulfone groups is 1. The topological polar surface area (TPSA) is 92.3 Å². The molecule has 27 heavy (non-hydrogen) atoms. The maximum Gasteiger partial charge on any atom is 0.255 e. The van der Waals surface area contributed by atoms with Gasteiger partial charge < -0.3 is 10.6 Å². The minimum atomic E-state index is -3.19. The molecule has 0 atom stereocenters. The maximum absolute atomic E-state index is 12.4. The second-order valence-corrected chi connectivity index (χ2v) is 8.72. The first-order chi connectivity index (χ1) is 12.7. The minimum absolute atomic E-state index is 0.137. The molecule has 0 saturated heterocycles. The molecule has 2 rings (SSSR count). The largest absolute Gasteiger partial charge is 0.352 e. The zero-order chi connectivity index (χ0) is 20.0. The molecule has 0 aromatic heterocycles. The van der Waals surface area contributed by atoms with Gasteiger partial charge in [0.25, 0.3) is 11.8 Å². The van der Waals surface area contributed by atoms with E-state index in [2.05, 4.69) is 10.6 Å². The van der Waals surface area contributed by atoms with Crippen LogP contribution in [0.1, 0.15) is 39.6 Å². The summed E-state index contributed by atoms with van der Waals surface area (Å²) in [7, 11) is -3.19. The Balaban J connectivity index is 2.13. The summed E-state index contributed by atoms with van der Waals surface area (Å²) in [6.45, 7) is 2.50. The van der Waals surface area contributed by atoms with E-state index in [4.69, 9.17) is 11.6 Å². The van der Waals surface area contributed by atoms with Crippen LogP contribution in [0, 0.1) is 0 Å². The summed E-state index contributed by atoms with van der Waals surface area (Å²) >= 11 is 6.15. The Morgan fingerprint density at radius 2 is 1.81 bits per heavy atom. The van der Waals surface area contributed by atoms with Crippen molar-refractivity contribution in [2.75, 3.05) is 18.1 Å². The molecule has 8 heteroatoms. The van der Waals surface area contributed by atoms with Crippen molar-refractivity contribution in [1.82, 2.24) is 5.32 Å². The molecule has 0 fully saturated rings. The van der Waals surface area contributed by atoms with Gasteiger partial charge in [-0.25, -0.2) is 8.42 Å². The van der Waals surface area contributed by atoms with Crippen LogP contribution in [0.15, 0.2) is 42.5 Å². The smallest absolute Gasteiger partial charge is 0.255 e. The van der Waals surface area contributed by atoms with Crippen molar-refractivity contribution in [3.63, 3.8) is 0 Å². The summed E-state index contributed by atoms with van der Waals surface area (Å²) in [5, 5.41) is 5.66. The first-order valence-electron chi connectivity index (χ1n) is 8.35. The molecule has 0 radical (unpaired) electrons. The second kappa shape index (κ2) is 9.01. The van der Waals surface area contributed by atoms with Gasteiger partial charge in [-0.3, -0.25) is 9.59 Å². The lowest BCUT2D eigenvalue weighted by Crippen LogP contribution is -2.24. The molecule has 0 aliphatic heterocycles. The van der Waals surface area contributed by atoms with Crippen LogP contribution in [-0.4, -0.2) is 33.0 Å². The van der Waals surface area contributed by atoms with Crippen LogP contribution >= 0.6 is 11.6 Å². The number of anilines is 1. The van der Waals surface area contributed by atoms with Crippen LogP contribution in [0.25, 0.3) is 0 Å². The van der Waals surface area contributed by atoms with E-state index in [-0.39, 0.29) is 16.7 Å². The molecule has 2 aromatic rings. The van der Waals surface area contributed by atoms with Gasteiger partial charge in [0, 0.05) is 24.1 Å². The highest BCUT2D eigenvalue weighted by atomic mass is 35.5. The molecule has 0 aliphatic carbocycles. The molecular weight excluding hydrogens is 388 g/mol. The Kier molecular flexibility index (Phi) is 6.98. The number of benzene rings is 2. The minimum Gasteiger partial charge on any atom is -0.352 e. The Bertz CT molecular complexity index is 958. The van der Waals surface area contributed by atoms with Gasteiger partial charge in [-0.15, -0.1) is 0 Å². The standard InChI is InChI=1S/C19H21ClN2O4S/c1-3-9-21-19(24)16-8-7-15(11-17(16)20)22-18(23)14-6-4-5-13(10-14)12-27(2,25)26/h4-8,10-11H,3,9,12H2,1-2H3,(H,21,24)(H,22,23). The van der Waals surface area contributed by atoms with Crippen LogP contribution in [-0.2, 0) is 15.6 Å². The summed E-state index contributed by atoms with van der Waals surface area (Å²) in [6.07, 6.45) is 1.95. The molecule has 0 heterocycles. The molecule has 2 amide bonds. The molecule has 2 N–H and O–H groups in total. The van der Waals surface area contributed by atoms with Crippen LogP contribution in [0.2, 0.25) is 5.02 Å². The van der Waals surface area contributed by atoms with Crippen molar-refractivity contribution >= 4 is 38.9 Å². The molecule has 6 nitrogen and oxygen atoms in total. The number of carbonyl (C=O) groups is 2. The molecule has 144 valence electrons. The van der Waals surface area contributed by atoms with Gasteiger partial charge in [0.1, 0.15) is 0 Å². The maximum atomic E-state index is 12.4. The van der Waals surface area contributed by atoms with E-state index in [1.807, 2.05) is 6.92 Å². The van der Waals surface area contributed by atoms with E-state index in [0.29, 0.717) is 28.9 Å². The summed E-state index contributed by atoms with van der Waals surface area (Å²) in [5.74, 6) is -0.806. The zero-order valence-electron chi connectivity index (χ0n) is 15.1. The summed E-state index contributed by atoms with van der Waals surface area (Å²) in [4.78, 5) is 24.4. The molecule has 0 saturated carbocycles. The summed E-state index contributed by atoms with van der Waals surface area (Å²) in [6, 6.07) is 11.0. The van der Waals surface area contributed by atoms with Crippen molar-refractivity contribution in [3.8, 4) is 0 Å². The quantitative estimate of drug-likeness (QED) is 0.735. The monoisotopic (exact) mass is 408 g/mol. The first-order valence-corrected chi connectivity index (χ1v) is 10.8. The zero-order valence-corrected chi connectivity index (χ0v) is 16.7. The van der Waals surface area contributed by atoms with Crippen molar-refractivity contribution in [3.05, 3.63) is 64.2 Å². The van der Waals surface area contributed by atoms with E-state index < -0.39 is 15.7 Å². The van der Waals surface area contributed by atoms with Crippen LogP contribution in [0.4, 0.5) is 5.69 Å². The normalized spacial score (nSPS) is 11.1. The summed E-state index contributed by atoms with van der Waals surface area (Å²) in [5.41, 5.74) is 1.63. The lowest BCUT2D eigenvalue weighted by Gasteiger charge is -2.10. The van der Waals surface area contributed by atoms with Gasteiger partial charge in [0.05, 0.1) is 16.3 Å². The second-order valence-electron chi connectivity index (χ2n) is 6.18. The van der Waals surface area contributed by atoms with Gasteiger partial charge in [-0.05, 0) is 42.3 Å². The molecule has 0 unspecified atom stereocenters. The number of rotatable bonds is 7. The number of halogens is 1. The fourth-order valence-corrected chi connectivity index (χ4v) is 3.47. The summed E-state index contributed by atoms with van der Waals surface area (Å²) < 4.78 is 22.8. The number of amides is 2. The third-order valence-electron chi connectivity index (χ3n) is 3.63. The third-order valence-corrected chi connectivity index (χ3v) is 4.80. The number of nitrogens with one attached hydrogen (secondary N) is 2. The van der Waals surface area contributed by atoms with Gasteiger partial charge >= 0.3 is 0 Å². The van der Waals surface area contributed by atoms with Crippen LogP contribution < -0.4 is 10.6 Å². The molecule has 0 bridgehead atoms. The van der Waals surface area contributed by atoms with Gasteiger partial charge in [0.15, 0.2) is 9.84 Å². The van der Waals surface area contributed by atoms with E-state index in [0.717, 1.165) is 12.7 Å². The van der Waals surface area contributed by atoms with Crippen molar-refractivity contribution in [2.45, 2.75) is 19.1 Å². The third kappa shape index (κ3) is 6.37. The molecule has 0 spiro atoms. The van der Waals surface area contributed by atoms with Gasteiger partial charge in [-0.1, -0.05) is 30.7 Å². The fraction of sp³-hybridized carbons (Fsp3) is 0.263. The number of hydrogen-bond donors (Lipinski definition) is 2. The fourth-order valence-electron chi connectivity index (χ4n) is 2.42. The number of carbonyl (C=O) groups excluding carboxylic acids is 2. The lowest BCUT2D eigenvalue weighted by molar-refractivity contribution is 0.0953. The van der Waals surface area contributed by atoms with Crippen molar-refractivity contribution < 1.29 is 18.0 Å². The van der Waals surface area contributed by atoms with Crippen LogP contribution in [0.3, 0.4) is 0 Å². The van der Waals surface area contributed by atoms with E-state index in [1.54, 1.807) is 30.3 Å². The van der Waals surface area contributed by atoms with Gasteiger partial charge in [0.2, 0.25) is 0 Å². The Morgan fingerprint density at radius 1 is 1.07 bits per heavy atom. The van der Waals surface area contributed by atoms with E-state index in [9.17, 15) is 18.0 Å². The molecule has 0 aliphatic rings. The van der Waals surface area contributed by atoms with Crippen molar-refractivity contribution in [1.29, 1.82) is 0 Å². The van der Waals surface area contributed by atoms with Crippen LogP contribution in [0.5, 0.6) is 0 Å². The highest BCUT2D eigenvalue weighted by Gasteiger charge is 2.13.